The van der Waals surface area contributed by atoms with Gasteiger partial charge in [0.05, 0.1) is 19.3 Å². The number of fused-ring (bicyclic) bond motifs is 1. The highest BCUT2D eigenvalue weighted by atomic mass is 16.7. The molecule has 6 heteroatoms. The summed E-state index contributed by atoms with van der Waals surface area (Å²) in [5.74, 6) is 0. The van der Waals surface area contributed by atoms with Gasteiger partial charge in [-0.15, -0.1) is 0 Å². The lowest BCUT2D eigenvalue weighted by molar-refractivity contribution is -0.343. The molecule has 0 saturated carbocycles. The highest BCUT2D eigenvalue weighted by Gasteiger charge is 2.48. The van der Waals surface area contributed by atoms with Crippen LogP contribution < -0.4 is 5.73 Å². The van der Waals surface area contributed by atoms with Crippen LogP contribution in [0.25, 0.3) is 0 Å². The molecule has 2 aromatic rings. The number of hydrogen-bond acceptors (Lipinski definition) is 6. The second-order valence-electron chi connectivity index (χ2n) is 6.58. The topological polar surface area (TPSA) is 83.2 Å². The van der Waals surface area contributed by atoms with E-state index in [4.69, 9.17) is 24.7 Å². The molecular formula is C20H23NO5. The van der Waals surface area contributed by atoms with Gasteiger partial charge < -0.3 is 29.8 Å². The van der Waals surface area contributed by atoms with Crippen molar-refractivity contribution in [3.05, 3.63) is 71.8 Å². The number of nitrogens with two attached hydrogens (primary N) is 1. The molecular weight excluding hydrogens is 334 g/mol. The second-order valence-corrected chi connectivity index (χ2v) is 6.58. The Labute approximate surface area is 152 Å². The molecule has 0 spiro atoms. The van der Waals surface area contributed by atoms with Crippen LogP contribution in [-0.4, -0.2) is 42.4 Å². The van der Waals surface area contributed by atoms with Gasteiger partial charge in [0, 0.05) is 5.56 Å². The quantitative estimate of drug-likeness (QED) is 0.867. The summed E-state index contributed by atoms with van der Waals surface area (Å²) in [6.07, 6.45) is -3.13. The van der Waals surface area contributed by atoms with Crippen molar-refractivity contribution in [3.63, 3.8) is 0 Å². The van der Waals surface area contributed by atoms with E-state index < -0.39 is 36.9 Å². The molecule has 0 radical (unpaired) electrons. The van der Waals surface area contributed by atoms with E-state index in [1.54, 1.807) is 0 Å². The minimum atomic E-state index is -0.898. The SMILES string of the molecule is N[C@H]1[C@@H](OCc2ccccc2)O[C@@H]2CO[C@@H](c3ccccc3)O[C@H]2[C@@H]1O. The van der Waals surface area contributed by atoms with Crippen LogP contribution in [0.4, 0.5) is 0 Å². The normalized spacial score (nSPS) is 34.2. The maximum Gasteiger partial charge on any atom is 0.184 e. The smallest absolute Gasteiger partial charge is 0.184 e. The lowest BCUT2D eigenvalue weighted by atomic mass is 9.96. The fourth-order valence-electron chi connectivity index (χ4n) is 3.29. The Kier molecular flexibility index (Phi) is 5.31. The van der Waals surface area contributed by atoms with Crippen molar-refractivity contribution in [2.45, 2.75) is 43.5 Å². The van der Waals surface area contributed by atoms with Gasteiger partial charge in [-0.1, -0.05) is 60.7 Å². The van der Waals surface area contributed by atoms with Crippen molar-refractivity contribution in [3.8, 4) is 0 Å². The first-order valence-electron chi connectivity index (χ1n) is 8.79. The Morgan fingerprint density at radius 1 is 1.00 bits per heavy atom. The minimum Gasteiger partial charge on any atom is -0.388 e. The van der Waals surface area contributed by atoms with Crippen LogP contribution in [0.2, 0.25) is 0 Å². The molecule has 2 fully saturated rings. The van der Waals surface area contributed by atoms with Gasteiger partial charge in [-0.3, -0.25) is 0 Å². The number of benzene rings is 2. The predicted octanol–water partition coefficient (Wildman–Crippen LogP) is 1.73. The lowest BCUT2D eigenvalue weighted by Gasteiger charge is -2.46. The van der Waals surface area contributed by atoms with Gasteiger partial charge in [0.25, 0.3) is 0 Å². The summed E-state index contributed by atoms with van der Waals surface area (Å²) in [6.45, 7) is 0.664. The van der Waals surface area contributed by atoms with Crippen LogP contribution >= 0.6 is 0 Å². The van der Waals surface area contributed by atoms with E-state index in [9.17, 15) is 5.11 Å². The van der Waals surface area contributed by atoms with Gasteiger partial charge in [-0.25, -0.2) is 0 Å². The van der Waals surface area contributed by atoms with Crippen molar-refractivity contribution < 1.29 is 24.1 Å². The van der Waals surface area contributed by atoms with Gasteiger partial charge in [0.15, 0.2) is 12.6 Å². The van der Waals surface area contributed by atoms with Crippen molar-refractivity contribution >= 4 is 0 Å². The summed E-state index contributed by atoms with van der Waals surface area (Å²) in [7, 11) is 0. The molecule has 0 aliphatic carbocycles. The summed E-state index contributed by atoms with van der Waals surface area (Å²) in [5.41, 5.74) is 8.07. The average molecular weight is 357 g/mol. The molecule has 0 unspecified atom stereocenters. The third kappa shape index (κ3) is 3.66. The Bertz CT molecular complexity index is 696. The number of rotatable bonds is 4. The fourth-order valence-corrected chi connectivity index (χ4v) is 3.29. The Morgan fingerprint density at radius 2 is 1.69 bits per heavy atom. The zero-order valence-corrected chi connectivity index (χ0v) is 14.3. The van der Waals surface area contributed by atoms with Gasteiger partial charge >= 0.3 is 0 Å². The van der Waals surface area contributed by atoms with Crippen LogP contribution in [0, 0.1) is 0 Å². The van der Waals surface area contributed by atoms with Crippen molar-refractivity contribution in [1.29, 1.82) is 0 Å². The van der Waals surface area contributed by atoms with Crippen LogP contribution in [-0.2, 0) is 25.6 Å². The molecule has 138 valence electrons. The molecule has 4 rings (SSSR count). The Morgan fingerprint density at radius 3 is 2.42 bits per heavy atom. The molecule has 2 aromatic carbocycles. The van der Waals surface area contributed by atoms with E-state index in [0.29, 0.717) is 13.2 Å². The largest absolute Gasteiger partial charge is 0.388 e. The molecule has 0 bridgehead atoms. The molecule has 0 amide bonds. The first kappa shape index (κ1) is 17.6. The molecule has 2 saturated heterocycles. The van der Waals surface area contributed by atoms with Gasteiger partial charge in [-0.2, -0.15) is 0 Å². The summed E-state index contributed by atoms with van der Waals surface area (Å²) < 4.78 is 23.4. The Balaban J connectivity index is 1.40. The van der Waals surface area contributed by atoms with Crippen LogP contribution in [0.15, 0.2) is 60.7 Å². The molecule has 6 atom stereocenters. The maximum atomic E-state index is 10.6. The first-order chi connectivity index (χ1) is 12.7. The Hall–Kier alpha value is -1.80. The molecule has 2 aliphatic rings. The molecule has 0 aromatic heterocycles. The number of ether oxygens (including phenoxy) is 4. The first-order valence-corrected chi connectivity index (χ1v) is 8.79. The van der Waals surface area contributed by atoms with Crippen LogP contribution in [0.5, 0.6) is 0 Å². The maximum absolute atomic E-state index is 10.6. The zero-order valence-electron chi connectivity index (χ0n) is 14.3. The number of hydrogen-bond donors (Lipinski definition) is 2. The van der Waals surface area contributed by atoms with E-state index in [1.165, 1.54) is 0 Å². The average Bonchev–Trinajstić information content (AvgIpc) is 2.71. The number of aliphatic hydroxyl groups excluding tert-OH is 1. The van der Waals surface area contributed by atoms with Gasteiger partial charge in [-0.05, 0) is 5.56 Å². The van der Waals surface area contributed by atoms with E-state index in [-0.39, 0.29) is 0 Å². The molecule has 26 heavy (non-hydrogen) atoms. The van der Waals surface area contributed by atoms with Crippen molar-refractivity contribution in [2.24, 2.45) is 5.73 Å². The van der Waals surface area contributed by atoms with E-state index in [0.717, 1.165) is 11.1 Å². The summed E-state index contributed by atoms with van der Waals surface area (Å²) >= 11 is 0. The van der Waals surface area contributed by atoms with Crippen LogP contribution in [0.3, 0.4) is 0 Å². The molecule has 6 nitrogen and oxygen atoms in total. The molecule has 2 heterocycles. The van der Waals surface area contributed by atoms with Gasteiger partial charge in [0.1, 0.15) is 18.3 Å². The van der Waals surface area contributed by atoms with E-state index in [2.05, 4.69) is 0 Å². The molecule has 2 aliphatic heterocycles. The summed E-state index contributed by atoms with van der Waals surface area (Å²) in [6, 6.07) is 18.7. The van der Waals surface area contributed by atoms with Crippen LogP contribution in [0.1, 0.15) is 17.4 Å². The van der Waals surface area contributed by atoms with E-state index in [1.807, 2.05) is 60.7 Å². The zero-order chi connectivity index (χ0) is 17.9. The second kappa shape index (κ2) is 7.84. The molecule has 3 N–H and O–H groups in total. The van der Waals surface area contributed by atoms with E-state index >= 15 is 0 Å². The third-order valence-corrected chi connectivity index (χ3v) is 4.74. The minimum absolute atomic E-state index is 0.305. The standard InChI is InChI=1S/C20H23NO5/c21-16-17(22)18-15(12-24-19(26-18)14-9-5-2-6-10-14)25-20(16)23-11-13-7-3-1-4-8-13/h1-10,15-20,22H,11-12,21H2/t15-,16-,17-,18-,19-,20+/m1/s1. The predicted molar refractivity (Wildman–Crippen MR) is 93.9 cm³/mol. The monoisotopic (exact) mass is 357 g/mol. The fraction of sp³-hybridized carbons (Fsp3) is 0.400. The third-order valence-electron chi connectivity index (χ3n) is 4.74. The number of aliphatic hydroxyl groups is 1. The highest BCUT2D eigenvalue weighted by Crippen LogP contribution is 2.33. The summed E-state index contributed by atoms with van der Waals surface area (Å²) in [5, 5.41) is 10.6. The summed E-state index contributed by atoms with van der Waals surface area (Å²) in [4.78, 5) is 0. The lowest BCUT2D eigenvalue weighted by Crippen LogP contribution is -2.64. The highest BCUT2D eigenvalue weighted by molar-refractivity contribution is 5.17. The van der Waals surface area contributed by atoms with Crippen molar-refractivity contribution in [2.75, 3.05) is 6.61 Å². The van der Waals surface area contributed by atoms with Crippen molar-refractivity contribution in [1.82, 2.24) is 0 Å². The van der Waals surface area contributed by atoms with Gasteiger partial charge in [0.2, 0.25) is 0 Å².